The molecular weight excluding hydrogens is 259 g/mol. The number of rotatable bonds is 4. The van der Waals surface area contributed by atoms with Crippen LogP contribution in [0.1, 0.15) is 19.4 Å². The molecule has 0 unspecified atom stereocenters. The molecule has 0 aliphatic carbocycles. The van der Waals surface area contributed by atoms with E-state index in [-0.39, 0.29) is 11.2 Å². The van der Waals surface area contributed by atoms with Crippen LogP contribution >= 0.6 is 15.9 Å². The van der Waals surface area contributed by atoms with Crippen molar-refractivity contribution >= 4 is 15.9 Å². The Labute approximate surface area is 98.2 Å². The first-order valence-electron chi connectivity index (χ1n) is 4.83. The molecule has 3 N–H and O–H groups in total. The summed E-state index contributed by atoms with van der Waals surface area (Å²) in [6, 6.07) is 4.99. The lowest BCUT2D eigenvalue weighted by Crippen LogP contribution is -2.36. The largest absolute Gasteiger partial charge is 0.318 e. The van der Waals surface area contributed by atoms with Crippen LogP contribution in [0.4, 0.5) is 4.39 Å². The molecule has 84 valence electrons. The van der Waals surface area contributed by atoms with Gasteiger partial charge in [0.1, 0.15) is 5.82 Å². The summed E-state index contributed by atoms with van der Waals surface area (Å²) in [5, 5.41) is 3.03. The van der Waals surface area contributed by atoms with E-state index in [1.807, 2.05) is 19.9 Å². The molecule has 0 saturated carbocycles. The number of halogens is 2. The fourth-order valence-electron chi connectivity index (χ4n) is 1.50. The average Bonchev–Trinajstić information content (AvgIpc) is 2.18. The van der Waals surface area contributed by atoms with Crippen LogP contribution in [0.5, 0.6) is 0 Å². The minimum Gasteiger partial charge on any atom is -0.318 e. The lowest BCUT2D eigenvalue weighted by molar-refractivity contribution is 0.448. The van der Waals surface area contributed by atoms with Crippen molar-refractivity contribution in [3.63, 3.8) is 0 Å². The van der Waals surface area contributed by atoms with E-state index < -0.39 is 0 Å². The van der Waals surface area contributed by atoms with Gasteiger partial charge in [0.05, 0.1) is 0 Å². The first-order valence-corrected chi connectivity index (χ1v) is 5.63. The van der Waals surface area contributed by atoms with Crippen molar-refractivity contribution in [2.45, 2.75) is 19.3 Å². The molecule has 0 spiro atoms. The quantitative estimate of drug-likeness (QED) is 0.828. The lowest BCUT2D eigenvalue weighted by Gasteiger charge is -2.26. The van der Waals surface area contributed by atoms with Crippen molar-refractivity contribution in [3.05, 3.63) is 34.1 Å². The van der Waals surface area contributed by atoms with Gasteiger partial charge >= 0.3 is 0 Å². The summed E-state index contributed by atoms with van der Waals surface area (Å²) in [7, 11) is 0. The molecule has 2 nitrogen and oxygen atoms in total. The summed E-state index contributed by atoms with van der Waals surface area (Å²) in [5.41, 5.74) is 5.79. The van der Waals surface area contributed by atoms with Crippen LogP contribution in [0, 0.1) is 5.82 Å². The van der Waals surface area contributed by atoms with Gasteiger partial charge in [0, 0.05) is 23.1 Å². The van der Waals surface area contributed by atoms with E-state index in [0.717, 1.165) is 4.47 Å². The molecule has 15 heavy (non-hydrogen) atoms. The topological polar surface area (TPSA) is 38.0 Å². The molecule has 0 fully saturated rings. The van der Waals surface area contributed by atoms with Crippen molar-refractivity contribution in [2.24, 2.45) is 5.73 Å². The fourth-order valence-corrected chi connectivity index (χ4v) is 1.86. The number of nitrogens with one attached hydrogen (secondary N) is 1. The number of hydrogen-bond donors (Lipinski definition) is 2. The zero-order valence-corrected chi connectivity index (χ0v) is 10.6. The van der Waals surface area contributed by atoms with Crippen LogP contribution in [0.25, 0.3) is 0 Å². The molecule has 1 aromatic carbocycles. The van der Waals surface area contributed by atoms with E-state index in [0.29, 0.717) is 18.8 Å². The molecule has 0 aliphatic heterocycles. The van der Waals surface area contributed by atoms with Gasteiger partial charge in [-0.05, 0) is 23.8 Å². The van der Waals surface area contributed by atoms with Gasteiger partial charge < -0.3 is 11.1 Å². The molecule has 0 atom stereocenters. The Bertz CT molecular complexity index is 339. The van der Waals surface area contributed by atoms with Crippen molar-refractivity contribution < 1.29 is 4.39 Å². The maximum atomic E-state index is 13.6. The Hall–Kier alpha value is -0.450. The van der Waals surface area contributed by atoms with Gasteiger partial charge in [0.25, 0.3) is 0 Å². The predicted molar refractivity (Wildman–Crippen MR) is 64.2 cm³/mol. The molecular formula is C11H16BrFN2. The Morgan fingerprint density at radius 3 is 2.73 bits per heavy atom. The number of hydrogen-bond acceptors (Lipinski definition) is 2. The van der Waals surface area contributed by atoms with Crippen LogP contribution < -0.4 is 11.1 Å². The van der Waals surface area contributed by atoms with Gasteiger partial charge in [0.15, 0.2) is 0 Å². The normalized spacial score (nSPS) is 11.8. The molecule has 0 radical (unpaired) electrons. The van der Waals surface area contributed by atoms with Gasteiger partial charge in [0.2, 0.25) is 0 Å². The van der Waals surface area contributed by atoms with Crippen LogP contribution in [0.2, 0.25) is 0 Å². The predicted octanol–water partition coefficient (Wildman–Crippen LogP) is 2.37. The highest BCUT2D eigenvalue weighted by Crippen LogP contribution is 2.27. The molecule has 1 rings (SSSR count). The molecule has 0 aromatic heterocycles. The number of benzene rings is 1. The average molecular weight is 275 g/mol. The van der Waals surface area contributed by atoms with E-state index in [9.17, 15) is 4.39 Å². The second-order valence-electron chi connectivity index (χ2n) is 4.14. The van der Waals surface area contributed by atoms with Crippen LogP contribution in [-0.2, 0) is 5.41 Å². The second-order valence-corrected chi connectivity index (χ2v) is 5.05. The SMILES string of the molecule is CC(C)(CNCN)c1cc(Br)ccc1F. The summed E-state index contributed by atoms with van der Waals surface area (Å²) < 4.78 is 14.5. The summed E-state index contributed by atoms with van der Waals surface area (Å²) >= 11 is 3.35. The zero-order chi connectivity index (χ0) is 11.5. The molecule has 0 aliphatic rings. The monoisotopic (exact) mass is 274 g/mol. The molecule has 0 amide bonds. The van der Waals surface area contributed by atoms with E-state index in [1.165, 1.54) is 6.07 Å². The standard InChI is InChI=1S/C11H16BrFN2/c1-11(2,6-15-7-14)9-5-8(12)3-4-10(9)13/h3-5,15H,6-7,14H2,1-2H3. The summed E-state index contributed by atoms with van der Waals surface area (Å²) in [6.07, 6.45) is 0. The highest BCUT2D eigenvalue weighted by molar-refractivity contribution is 9.10. The second kappa shape index (κ2) is 5.05. The maximum Gasteiger partial charge on any atom is 0.127 e. The van der Waals surface area contributed by atoms with Crippen LogP contribution in [0.3, 0.4) is 0 Å². The molecule has 0 saturated heterocycles. The van der Waals surface area contributed by atoms with Crippen molar-refractivity contribution in [1.82, 2.24) is 5.32 Å². The zero-order valence-electron chi connectivity index (χ0n) is 8.98. The summed E-state index contributed by atoms with van der Waals surface area (Å²) in [4.78, 5) is 0. The molecule has 0 bridgehead atoms. The van der Waals surface area contributed by atoms with E-state index >= 15 is 0 Å². The number of nitrogens with two attached hydrogens (primary N) is 1. The van der Waals surface area contributed by atoms with Crippen LogP contribution in [-0.4, -0.2) is 13.2 Å². The Morgan fingerprint density at radius 1 is 1.47 bits per heavy atom. The van der Waals surface area contributed by atoms with E-state index in [1.54, 1.807) is 6.07 Å². The van der Waals surface area contributed by atoms with Gasteiger partial charge in [-0.3, -0.25) is 0 Å². The smallest absolute Gasteiger partial charge is 0.127 e. The van der Waals surface area contributed by atoms with E-state index in [2.05, 4.69) is 21.2 Å². The maximum absolute atomic E-state index is 13.6. The first-order chi connectivity index (χ1) is 6.97. The van der Waals surface area contributed by atoms with Gasteiger partial charge in [-0.2, -0.15) is 0 Å². The van der Waals surface area contributed by atoms with Crippen molar-refractivity contribution in [3.8, 4) is 0 Å². The molecule has 1 aromatic rings. The minimum absolute atomic E-state index is 0.179. The Morgan fingerprint density at radius 2 is 2.13 bits per heavy atom. The lowest BCUT2D eigenvalue weighted by atomic mass is 9.84. The van der Waals surface area contributed by atoms with Crippen molar-refractivity contribution in [1.29, 1.82) is 0 Å². The summed E-state index contributed by atoms with van der Waals surface area (Å²) in [6.45, 7) is 5.02. The van der Waals surface area contributed by atoms with Gasteiger partial charge in [-0.1, -0.05) is 29.8 Å². The van der Waals surface area contributed by atoms with Crippen molar-refractivity contribution in [2.75, 3.05) is 13.2 Å². The first kappa shape index (κ1) is 12.6. The third kappa shape index (κ3) is 3.26. The third-order valence-electron chi connectivity index (χ3n) is 2.37. The molecule has 0 heterocycles. The van der Waals surface area contributed by atoms with Gasteiger partial charge in [-0.15, -0.1) is 0 Å². The minimum atomic E-state index is -0.271. The van der Waals surface area contributed by atoms with E-state index in [4.69, 9.17) is 5.73 Å². The third-order valence-corrected chi connectivity index (χ3v) is 2.86. The van der Waals surface area contributed by atoms with Crippen LogP contribution in [0.15, 0.2) is 22.7 Å². The fraction of sp³-hybridized carbons (Fsp3) is 0.455. The molecule has 4 heteroatoms. The highest BCUT2D eigenvalue weighted by atomic mass is 79.9. The Balaban J connectivity index is 2.97. The highest BCUT2D eigenvalue weighted by Gasteiger charge is 2.23. The van der Waals surface area contributed by atoms with Gasteiger partial charge in [-0.25, -0.2) is 4.39 Å². The Kier molecular flexibility index (Phi) is 4.25. The summed E-state index contributed by atoms with van der Waals surface area (Å²) in [5.74, 6) is -0.179.